The summed E-state index contributed by atoms with van der Waals surface area (Å²) < 4.78 is 39.6. The van der Waals surface area contributed by atoms with E-state index >= 15 is 0 Å². The zero-order valence-electron chi connectivity index (χ0n) is 9.69. The maximum absolute atomic E-state index is 12.0. The number of nitrogens with one attached hydrogen (secondary N) is 1. The van der Waals surface area contributed by atoms with Crippen LogP contribution in [0.4, 0.5) is 13.2 Å². The van der Waals surface area contributed by atoms with Crippen LogP contribution < -0.4 is 4.74 Å². The molecule has 0 bridgehead atoms. The molecule has 2 aromatic rings. The SMILES string of the molecule is OC(Cc1ccc(OC(F)(F)F)cc1)c1ncc[nH]1. The number of H-pyrrole nitrogens is 1. The van der Waals surface area contributed by atoms with Crippen LogP contribution in [0.3, 0.4) is 0 Å². The Bertz CT molecular complexity index is 509. The summed E-state index contributed by atoms with van der Waals surface area (Å²) in [5, 5.41) is 9.81. The van der Waals surface area contributed by atoms with Crippen molar-refractivity contribution in [3.63, 3.8) is 0 Å². The Balaban J connectivity index is 1.99. The summed E-state index contributed by atoms with van der Waals surface area (Å²) in [6.45, 7) is 0. The van der Waals surface area contributed by atoms with E-state index in [4.69, 9.17) is 0 Å². The van der Waals surface area contributed by atoms with Gasteiger partial charge in [-0.2, -0.15) is 0 Å². The van der Waals surface area contributed by atoms with Crippen molar-refractivity contribution >= 4 is 0 Å². The molecular formula is C12H11F3N2O2. The Hall–Kier alpha value is -2.02. The van der Waals surface area contributed by atoms with E-state index in [1.807, 2.05) is 0 Å². The van der Waals surface area contributed by atoms with Crippen LogP contribution in [-0.2, 0) is 6.42 Å². The third-order valence-corrected chi connectivity index (χ3v) is 2.42. The molecule has 19 heavy (non-hydrogen) atoms. The van der Waals surface area contributed by atoms with Gasteiger partial charge in [-0.25, -0.2) is 4.98 Å². The number of nitrogens with zero attached hydrogens (tertiary/aromatic N) is 1. The molecule has 0 saturated heterocycles. The van der Waals surface area contributed by atoms with Gasteiger partial charge in [-0.3, -0.25) is 0 Å². The molecule has 1 aromatic carbocycles. The molecule has 0 aliphatic carbocycles. The lowest BCUT2D eigenvalue weighted by Gasteiger charge is -2.10. The smallest absolute Gasteiger partial charge is 0.406 e. The average Bonchev–Trinajstić information content (AvgIpc) is 2.83. The van der Waals surface area contributed by atoms with E-state index in [9.17, 15) is 18.3 Å². The topological polar surface area (TPSA) is 58.1 Å². The Morgan fingerprint density at radius 1 is 1.26 bits per heavy atom. The van der Waals surface area contributed by atoms with Gasteiger partial charge in [0, 0.05) is 18.8 Å². The van der Waals surface area contributed by atoms with E-state index in [-0.39, 0.29) is 12.2 Å². The highest BCUT2D eigenvalue weighted by Crippen LogP contribution is 2.24. The highest BCUT2D eigenvalue weighted by atomic mass is 19.4. The van der Waals surface area contributed by atoms with Crippen LogP contribution in [0.2, 0.25) is 0 Å². The lowest BCUT2D eigenvalue weighted by Crippen LogP contribution is -2.17. The Morgan fingerprint density at radius 3 is 2.47 bits per heavy atom. The molecule has 1 aromatic heterocycles. The molecular weight excluding hydrogens is 261 g/mol. The fourth-order valence-corrected chi connectivity index (χ4v) is 1.61. The first-order chi connectivity index (χ1) is 8.94. The molecule has 0 fully saturated rings. The van der Waals surface area contributed by atoms with Gasteiger partial charge >= 0.3 is 6.36 Å². The van der Waals surface area contributed by atoms with E-state index < -0.39 is 12.5 Å². The lowest BCUT2D eigenvalue weighted by molar-refractivity contribution is -0.274. The Kier molecular flexibility index (Phi) is 3.75. The van der Waals surface area contributed by atoms with Crippen molar-refractivity contribution in [1.82, 2.24) is 9.97 Å². The summed E-state index contributed by atoms with van der Waals surface area (Å²) in [5.74, 6) is 0.124. The molecule has 0 saturated carbocycles. The predicted octanol–water partition coefficient (Wildman–Crippen LogP) is 2.58. The molecule has 2 rings (SSSR count). The number of ether oxygens (including phenoxy) is 1. The van der Waals surface area contributed by atoms with Crippen molar-refractivity contribution in [1.29, 1.82) is 0 Å². The van der Waals surface area contributed by atoms with Crippen LogP contribution >= 0.6 is 0 Å². The second-order valence-electron chi connectivity index (χ2n) is 3.89. The normalized spacial score (nSPS) is 13.3. The third kappa shape index (κ3) is 3.99. The van der Waals surface area contributed by atoms with Gasteiger partial charge in [0.1, 0.15) is 17.7 Å². The summed E-state index contributed by atoms with van der Waals surface area (Å²) in [6, 6.07) is 5.34. The number of imidazole rings is 1. The van der Waals surface area contributed by atoms with E-state index in [1.165, 1.54) is 30.5 Å². The third-order valence-electron chi connectivity index (χ3n) is 2.42. The van der Waals surface area contributed by atoms with Gasteiger partial charge in [0.05, 0.1) is 0 Å². The van der Waals surface area contributed by atoms with Gasteiger partial charge in [0.2, 0.25) is 0 Å². The minimum absolute atomic E-state index is 0.250. The number of aromatic amines is 1. The van der Waals surface area contributed by atoms with E-state index in [1.54, 1.807) is 6.20 Å². The molecule has 0 radical (unpaired) electrons. The Labute approximate surface area is 106 Å². The average molecular weight is 272 g/mol. The van der Waals surface area contributed by atoms with Gasteiger partial charge in [-0.1, -0.05) is 12.1 Å². The van der Waals surface area contributed by atoms with E-state index in [0.29, 0.717) is 11.4 Å². The standard InChI is InChI=1S/C12H11F3N2O2/c13-12(14,15)19-9-3-1-8(2-4-9)7-10(18)11-16-5-6-17-11/h1-6,10,18H,7H2,(H,16,17). The zero-order valence-corrected chi connectivity index (χ0v) is 9.69. The summed E-state index contributed by atoms with van der Waals surface area (Å²) in [4.78, 5) is 6.66. The summed E-state index contributed by atoms with van der Waals surface area (Å²) >= 11 is 0. The minimum atomic E-state index is -4.70. The fourth-order valence-electron chi connectivity index (χ4n) is 1.61. The minimum Gasteiger partial charge on any atom is -0.406 e. The van der Waals surface area contributed by atoms with Crippen molar-refractivity contribution in [3.8, 4) is 5.75 Å². The quantitative estimate of drug-likeness (QED) is 0.899. The van der Waals surface area contributed by atoms with Crippen molar-refractivity contribution in [3.05, 3.63) is 48.0 Å². The van der Waals surface area contributed by atoms with Crippen molar-refractivity contribution in [2.75, 3.05) is 0 Å². The summed E-state index contributed by atoms with van der Waals surface area (Å²) in [6.07, 6.45) is -2.18. The van der Waals surface area contributed by atoms with Crippen molar-refractivity contribution in [2.24, 2.45) is 0 Å². The fraction of sp³-hybridized carbons (Fsp3) is 0.250. The van der Waals surface area contributed by atoms with Crippen LogP contribution in [0.1, 0.15) is 17.5 Å². The molecule has 0 spiro atoms. The number of aromatic nitrogens is 2. The monoisotopic (exact) mass is 272 g/mol. The molecule has 0 aliphatic heterocycles. The van der Waals surface area contributed by atoms with Crippen molar-refractivity contribution < 1.29 is 23.0 Å². The molecule has 1 heterocycles. The number of aliphatic hydroxyl groups excluding tert-OH is 1. The van der Waals surface area contributed by atoms with Crippen LogP contribution in [0.5, 0.6) is 5.75 Å². The molecule has 1 unspecified atom stereocenters. The summed E-state index contributed by atoms with van der Waals surface area (Å²) in [7, 11) is 0. The molecule has 2 N–H and O–H groups in total. The van der Waals surface area contributed by atoms with Gasteiger partial charge in [0.15, 0.2) is 0 Å². The Morgan fingerprint density at radius 2 is 1.95 bits per heavy atom. The molecule has 1 atom stereocenters. The number of aliphatic hydroxyl groups is 1. The maximum atomic E-state index is 12.0. The number of rotatable bonds is 4. The lowest BCUT2D eigenvalue weighted by atomic mass is 10.1. The summed E-state index contributed by atoms with van der Waals surface area (Å²) in [5.41, 5.74) is 0.679. The highest BCUT2D eigenvalue weighted by molar-refractivity contribution is 5.28. The number of alkyl halides is 3. The second kappa shape index (κ2) is 5.31. The second-order valence-corrected chi connectivity index (χ2v) is 3.89. The van der Waals surface area contributed by atoms with Gasteiger partial charge in [0.25, 0.3) is 0 Å². The van der Waals surface area contributed by atoms with Crippen LogP contribution in [0.25, 0.3) is 0 Å². The van der Waals surface area contributed by atoms with Gasteiger partial charge < -0.3 is 14.8 Å². The van der Waals surface area contributed by atoms with Gasteiger partial charge in [-0.15, -0.1) is 13.2 Å². The highest BCUT2D eigenvalue weighted by Gasteiger charge is 2.30. The van der Waals surface area contributed by atoms with Crippen LogP contribution in [0.15, 0.2) is 36.7 Å². The first-order valence-electron chi connectivity index (χ1n) is 5.46. The number of benzene rings is 1. The molecule has 0 amide bonds. The molecule has 0 aliphatic rings. The largest absolute Gasteiger partial charge is 0.573 e. The van der Waals surface area contributed by atoms with Crippen LogP contribution in [-0.4, -0.2) is 21.4 Å². The maximum Gasteiger partial charge on any atom is 0.573 e. The molecule has 102 valence electrons. The number of hydrogen-bond donors (Lipinski definition) is 2. The van der Waals surface area contributed by atoms with Crippen LogP contribution in [0, 0.1) is 0 Å². The first kappa shape index (κ1) is 13.4. The van der Waals surface area contributed by atoms with E-state index in [0.717, 1.165) is 0 Å². The predicted molar refractivity (Wildman–Crippen MR) is 60.4 cm³/mol. The molecule has 7 heteroatoms. The number of halogens is 3. The van der Waals surface area contributed by atoms with E-state index in [2.05, 4.69) is 14.7 Å². The number of hydrogen-bond acceptors (Lipinski definition) is 3. The zero-order chi connectivity index (χ0) is 13.9. The molecule has 4 nitrogen and oxygen atoms in total. The van der Waals surface area contributed by atoms with Gasteiger partial charge in [-0.05, 0) is 17.7 Å². The van der Waals surface area contributed by atoms with Crippen molar-refractivity contribution in [2.45, 2.75) is 18.9 Å². The first-order valence-corrected chi connectivity index (χ1v) is 5.46.